The zero-order valence-corrected chi connectivity index (χ0v) is 10.1. The molecular formula is C13H19NS. The molecule has 0 spiro atoms. The molecule has 0 aliphatic carbocycles. The zero-order valence-electron chi connectivity index (χ0n) is 9.28. The van der Waals surface area contributed by atoms with Gasteiger partial charge in [-0.25, -0.2) is 0 Å². The van der Waals surface area contributed by atoms with E-state index in [0.29, 0.717) is 12.1 Å². The van der Waals surface area contributed by atoms with Crippen LogP contribution in [0.25, 0.3) is 0 Å². The summed E-state index contributed by atoms with van der Waals surface area (Å²) in [7, 11) is 0. The second kappa shape index (κ2) is 5.57. The van der Waals surface area contributed by atoms with Crippen molar-refractivity contribution in [2.45, 2.75) is 31.8 Å². The van der Waals surface area contributed by atoms with Crippen molar-refractivity contribution in [3.8, 4) is 0 Å². The topological polar surface area (TPSA) is 12.0 Å². The molecular weight excluding hydrogens is 202 g/mol. The fraction of sp³-hybridized carbons (Fsp3) is 0.538. The first-order valence-electron chi connectivity index (χ1n) is 5.75. The molecule has 1 aliphatic rings. The zero-order chi connectivity index (χ0) is 10.5. The largest absolute Gasteiger partial charge is 0.307 e. The molecule has 1 fully saturated rings. The maximum absolute atomic E-state index is 3.71. The lowest BCUT2D eigenvalue weighted by Crippen LogP contribution is -2.35. The summed E-state index contributed by atoms with van der Waals surface area (Å²) >= 11 is 2.08. The average Bonchev–Trinajstić information content (AvgIpc) is 2.31. The molecule has 1 nitrogen and oxygen atoms in total. The maximum Gasteiger partial charge on any atom is 0.0294 e. The van der Waals surface area contributed by atoms with Crippen molar-refractivity contribution in [1.29, 1.82) is 0 Å². The number of nitrogens with one attached hydrogen (secondary N) is 1. The fourth-order valence-corrected chi connectivity index (χ4v) is 3.15. The van der Waals surface area contributed by atoms with Crippen LogP contribution in [-0.4, -0.2) is 17.5 Å². The second-order valence-corrected chi connectivity index (χ2v) is 5.36. The minimum Gasteiger partial charge on any atom is -0.307 e. The molecule has 0 radical (unpaired) electrons. The molecule has 2 atom stereocenters. The van der Waals surface area contributed by atoms with Gasteiger partial charge in [-0.1, -0.05) is 30.3 Å². The average molecular weight is 221 g/mol. The molecule has 0 amide bonds. The van der Waals surface area contributed by atoms with E-state index in [1.165, 1.54) is 29.9 Å². The summed E-state index contributed by atoms with van der Waals surface area (Å²) in [4.78, 5) is 0. The van der Waals surface area contributed by atoms with Crippen LogP contribution in [-0.2, 0) is 0 Å². The summed E-state index contributed by atoms with van der Waals surface area (Å²) < 4.78 is 0. The van der Waals surface area contributed by atoms with Crippen molar-refractivity contribution in [1.82, 2.24) is 5.32 Å². The number of hydrogen-bond donors (Lipinski definition) is 1. The molecule has 0 aromatic heterocycles. The van der Waals surface area contributed by atoms with Crippen LogP contribution in [0.4, 0.5) is 0 Å². The van der Waals surface area contributed by atoms with Crippen molar-refractivity contribution in [2.75, 3.05) is 11.5 Å². The van der Waals surface area contributed by atoms with E-state index in [9.17, 15) is 0 Å². The molecule has 0 bridgehead atoms. The predicted octanol–water partition coefficient (Wildman–Crippen LogP) is 3.23. The Balaban J connectivity index is 1.88. The fourth-order valence-electron chi connectivity index (χ4n) is 2.06. The summed E-state index contributed by atoms with van der Waals surface area (Å²) in [6, 6.07) is 11.9. The van der Waals surface area contributed by atoms with E-state index in [1.807, 2.05) is 0 Å². The van der Waals surface area contributed by atoms with Crippen LogP contribution in [0.5, 0.6) is 0 Å². The summed E-state index contributed by atoms with van der Waals surface area (Å²) in [6.07, 6.45) is 2.70. The molecule has 2 unspecified atom stereocenters. The number of thioether (sulfide) groups is 1. The van der Waals surface area contributed by atoms with E-state index in [0.717, 1.165) is 0 Å². The third kappa shape index (κ3) is 3.25. The Hall–Kier alpha value is -0.470. The first kappa shape index (κ1) is 11.0. The van der Waals surface area contributed by atoms with Crippen molar-refractivity contribution < 1.29 is 0 Å². The van der Waals surface area contributed by atoms with E-state index in [1.54, 1.807) is 0 Å². The van der Waals surface area contributed by atoms with E-state index in [2.05, 4.69) is 54.3 Å². The van der Waals surface area contributed by atoms with E-state index < -0.39 is 0 Å². The highest BCUT2D eigenvalue weighted by Crippen LogP contribution is 2.20. The van der Waals surface area contributed by atoms with Crippen LogP contribution in [0.1, 0.15) is 31.4 Å². The van der Waals surface area contributed by atoms with Gasteiger partial charge in [-0.3, -0.25) is 0 Å². The lowest BCUT2D eigenvalue weighted by Gasteiger charge is -2.26. The quantitative estimate of drug-likeness (QED) is 0.841. The van der Waals surface area contributed by atoms with Gasteiger partial charge in [0.05, 0.1) is 0 Å². The molecule has 0 saturated carbocycles. The van der Waals surface area contributed by atoms with Crippen LogP contribution in [0.2, 0.25) is 0 Å². The van der Waals surface area contributed by atoms with Gasteiger partial charge in [0.15, 0.2) is 0 Å². The highest BCUT2D eigenvalue weighted by Gasteiger charge is 2.16. The standard InChI is InChI=1S/C13H19NS/c1-11(12-6-3-2-4-7-12)14-13-8-5-9-15-10-13/h2-4,6-7,11,13-14H,5,8-10H2,1H3. The molecule has 1 aliphatic heterocycles. The Kier molecular flexibility index (Phi) is 4.09. The molecule has 1 N–H and O–H groups in total. The Morgan fingerprint density at radius 3 is 2.80 bits per heavy atom. The third-order valence-corrected chi connectivity index (χ3v) is 4.16. The second-order valence-electron chi connectivity index (χ2n) is 4.21. The van der Waals surface area contributed by atoms with E-state index in [-0.39, 0.29) is 0 Å². The highest BCUT2D eigenvalue weighted by atomic mass is 32.2. The van der Waals surface area contributed by atoms with Crippen LogP contribution in [0.15, 0.2) is 30.3 Å². The Bertz CT molecular complexity index is 280. The van der Waals surface area contributed by atoms with Gasteiger partial charge in [-0.15, -0.1) is 0 Å². The first-order valence-corrected chi connectivity index (χ1v) is 6.90. The maximum atomic E-state index is 3.71. The third-order valence-electron chi connectivity index (χ3n) is 2.95. The number of rotatable bonds is 3. The molecule has 82 valence electrons. The van der Waals surface area contributed by atoms with Gasteiger partial charge in [0.25, 0.3) is 0 Å². The summed E-state index contributed by atoms with van der Waals surface area (Å²) in [5.74, 6) is 2.62. The lowest BCUT2D eigenvalue weighted by molar-refractivity contribution is 0.453. The van der Waals surface area contributed by atoms with Gasteiger partial charge in [0, 0.05) is 17.8 Å². The van der Waals surface area contributed by atoms with Gasteiger partial charge in [0.2, 0.25) is 0 Å². The number of benzene rings is 1. The lowest BCUT2D eigenvalue weighted by atomic mass is 10.1. The Morgan fingerprint density at radius 2 is 2.13 bits per heavy atom. The van der Waals surface area contributed by atoms with Crippen LogP contribution < -0.4 is 5.32 Å². The van der Waals surface area contributed by atoms with Crippen molar-refractivity contribution in [3.63, 3.8) is 0 Å². The SMILES string of the molecule is CC(NC1CCCSC1)c1ccccc1. The van der Waals surface area contributed by atoms with Crippen molar-refractivity contribution in [3.05, 3.63) is 35.9 Å². The van der Waals surface area contributed by atoms with Gasteiger partial charge in [0.1, 0.15) is 0 Å². The molecule has 15 heavy (non-hydrogen) atoms. The smallest absolute Gasteiger partial charge is 0.0294 e. The Morgan fingerprint density at radius 1 is 1.33 bits per heavy atom. The highest BCUT2D eigenvalue weighted by molar-refractivity contribution is 7.99. The van der Waals surface area contributed by atoms with Gasteiger partial charge < -0.3 is 5.32 Å². The molecule has 2 rings (SSSR count). The summed E-state index contributed by atoms with van der Waals surface area (Å²) in [5, 5.41) is 3.71. The molecule has 1 aromatic rings. The Labute approximate surface area is 96.7 Å². The van der Waals surface area contributed by atoms with Crippen LogP contribution in [0, 0.1) is 0 Å². The minimum atomic E-state index is 0.481. The monoisotopic (exact) mass is 221 g/mol. The van der Waals surface area contributed by atoms with Gasteiger partial charge in [-0.2, -0.15) is 11.8 Å². The first-order chi connectivity index (χ1) is 7.36. The van der Waals surface area contributed by atoms with Gasteiger partial charge >= 0.3 is 0 Å². The molecule has 2 heteroatoms. The van der Waals surface area contributed by atoms with Crippen molar-refractivity contribution >= 4 is 11.8 Å². The van der Waals surface area contributed by atoms with Crippen LogP contribution in [0.3, 0.4) is 0 Å². The minimum absolute atomic E-state index is 0.481. The van der Waals surface area contributed by atoms with E-state index in [4.69, 9.17) is 0 Å². The van der Waals surface area contributed by atoms with Gasteiger partial charge in [-0.05, 0) is 31.1 Å². The van der Waals surface area contributed by atoms with Crippen LogP contribution >= 0.6 is 11.8 Å². The van der Waals surface area contributed by atoms with Crippen molar-refractivity contribution in [2.24, 2.45) is 0 Å². The molecule has 1 saturated heterocycles. The normalized spacial score (nSPS) is 23.7. The molecule has 1 aromatic carbocycles. The van der Waals surface area contributed by atoms with E-state index >= 15 is 0 Å². The number of hydrogen-bond acceptors (Lipinski definition) is 2. The summed E-state index contributed by atoms with van der Waals surface area (Å²) in [5.41, 5.74) is 1.40. The summed E-state index contributed by atoms with van der Waals surface area (Å²) in [6.45, 7) is 2.26. The predicted molar refractivity (Wildman–Crippen MR) is 68.3 cm³/mol. The molecule has 1 heterocycles.